The molecule has 0 radical (unpaired) electrons. The van der Waals surface area contributed by atoms with E-state index in [0.29, 0.717) is 6.10 Å². The van der Waals surface area contributed by atoms with Crippen LogP contribution in [0.3, 0.4) is 0 Å². The van der Waals surface area contributed by atoms with Gasteiger partial charge < -0.3 is 4.52 Å². The minimum Gasteiger partial charge on any atom is -0.339 e. The molecule has 58 valence electrons. The number of fused-ring (bicyclic) bond motifs is 1. The van der Waals surface area contributed by atoms with Crippen molar-refractivity contribution in [3.8, 4) is 0 Å². The summed E-state index contributed by atoms with van der Waals surface area (Å²) < 4.78 is 8.26. The maximum atomic E-state index is 5.72. The van der Waals surface area contributed by atoms with Crippen molar-refractivity contribution in [3.05, 3.63) is 0 Å². The van der Waals surface area contributed by atoms with Crippen molar-refractivity contribution in [1.82, 2.24) is 4.67 Å². The van der Waals surface area contributed by atoms with E-state index in [2.05, 4.69) is 18.3 Å². The third kappa shape index (κ3) is 0.903. The minimum absolute atomic E-state index is 0.211. The highest BCUT2D eigenvalue weighted by Crippen LogP contribution is 2.51. The summed E-state index contributed by atoms with van der Waals surface area (Å²) in [6.45, 7) is 5.70. The lowest BCUT2D eigenvalue weighted by molar-refractivity contribution is 0.232. The van der Waals surface area contributed by atoms with E-state index >= 15 is 0 Å². The van der Waals surface area contributed by atoms with Gasteiger partial charge in [-0.05, 0) is 26.4 Å². The fourth-order valence-corrected chi connectivity index (χ4v) is 3.86. The highest BCUT2D eigenvalue weighted by Gasteiger charge is 2.40. The van der Waals surface area contributed by atoms with Crippen molar-refractivity contribution in [3.63, 3.8) is 0 Å². The molecule has 0 spiro atoms. The highest BCUT2D eigenvalue weighted by molar-refractivity contribution is 7.49. The van der Waals surface area contributed by atoms with Crippen LogP contribution < -0.4 is 0 Å². The van der Waals surface area contributed by atoms with E-state index in [0.717, 1.165) is 6.04 Å². The zero-order chi connectivity index (χ0) is 7.14. The molecule has 2 aliphatic rings. The molecule has 2 heterocycles. The Morgan fingerprint density at radius 2 is 2.40 bits per heavy atom. The van der Waals surface area contributed by atoms with Crippen molar-refractivity contribution < 1.29 is 4.52 Å². The van der Waals surface area contributed by atoms with E-state index < -0.39 is 0 Å². The van der Waals surface area contributed by atoms with Crippen LogP contribution in [0.2, 0.25) is 0 Å². The van der Waals surface area contributed by atoms with Gasteiger partial charge in [-0.15, -0.1) is 0 Å². The van der Waals surface area contributed by atoms with Crippen LogP contribution in [0.1, 0.15) is 19.8 Å². The highest BCUT2D eigenvalue weighted by atomic mass is 31.2. The predicted octanol–water partition coefficient (Wildman–Crippen LogP) is 1.81. The van der Waals surface area contributed by atoms with Crippen LogP contribution in [0.25, 0.3) is 0 Å². The van der Waals surface area contributed by atoms with E-state index in [1.54, 1.807) is 0 Å². The maximum absolute atomic E-state index is 5.72. The summed E-state index contributed by atoms with van der Waals surface area (Å²) in [5, 5.41) is 0. The van der Waals surface area contributed by atoms with Gasteiger partial charge in [0, 0.05) is 12.6 Å². The molecule has 10 heavy (non-hydrogen) atoms. The first kappa shape index (κ1) is 7.02. The van der Waals surface area contributed by atoms with Crippen LogP contribution in [0, 0.1) is 0 Å². The monoisotopic (exact) mass is 159 g/mol. The van der Waals surface area contributed by atoms with Gasteiger partial charge in [0.15, 0.2) is 0 Å². The standard InChI is InChI=1S/C7H14NOP/c1-6-7-4-3-5-8(7)10(2)9-6/h6-7H,3-5H2,1-2H3/t6-,7?,10?/m0/s1. The molecule has 0 aliphatic carbocycles. The molecule has 2 unspecified atom stereocenters. The number of nitrogens with zero attached hydrogens (tertiary/aromatic N) is 1. The summed E-state index contributed by atoms with van der Waals surface area (Å²) in [7, 11) is -0.211. The molecule has 0 aromatic rings. The van der Waals surface area contributed by atoms with Crippen LogP contribution >= 0.6 is 8.30 Å². The summed E-state index contributed by atoms with van der Waals surface area (Å²) in [6.07, 6.45) is 3.23. The van der Waals surface area contributed by atoms with Crippen LogP contribution in [0.5, 0.6) is 0 Å². The molecule has 2 rings (SSSR count). The molecule has 2 aliphatic heterocycles. The van der Waals surface area contributed by atoms with Crippen LogP contribution in [0.4, 0.5) is 0 Å². The largest absolute Gasteiger partial charge is 0.339 e. The molecule has 0 saturated carbocycles. The van der Waals surface area contributed by atoms with Gasteiger partial charge in [0.25, 0.3) is 0 Å². The summed E-state index contributed by atoms with van der Waals surface area (Å²) in [4.78, 5) is 0. The van der Waals surface area contributed by atoms with Gasteiger partial charge in [0.1, 0.15) is 8.30 Å². The SMILES string of the molecule is C[C@@H]1OP(C)N2CCCC12. The molecule has 0 aromatic carbocycles. The van der Waals surface area contributed by atoms with E-state index in [1.165, 1.54) is 19.4 Å². The van der Waals surface area contributed by atoms with E-state index in [-0.39, 0.29) is 8.30 Å². The summed E-state index contributed by atoms with van der Waals surface area (Å²) in [5.74, 6) is 0. The zero-order valence-electron chi connectivity index (χ0n) is 6.58. The molecule has 2 fully saturated rings. The van der Waals surface area contributed by atoms with Gasteiger partial charge in [-0.25, -0.2) is 0 Å². The van der Waals surface area contributed by atoms with Crippen molar-refractivity contribution in [2.45, 2.75) is 31.9 Å². The second-order valence-electron chi connectivity index (χ2n) is 3.15. The fourth-order valence-electron chi connectivity index (χ4n) is 1.98. The van der Waals surface area contributed by atoms with Gasteiger partial charge in [-0.3, -0.25) is 4.67 Å². The Kier molecular flexibility index (Phi) is 1.71. The van der Waals surface area contributed by atoms with Gasteiger partial charge >= 0.3 is 0 Å². The lowest BCUT2D eigenvalue weighted by atomic mass is 10.1. The number of hydrogen-bond acceptors (Lipinski definition) is 2. The first-order valence-electron chi connectivity index (χ1n) is 3.96. The molecule has 0 amide bonds. The average molecular weight is 159 g/mol. The maximum Gasteiger partial charge on any atom is 0.101 e. The topological polar surface area (TPSA) is 12.5 Å². The van der Waals surface area contributed by atoms with Crippen LogP contribution in [-0.4, -0.2) is 30.0 Å². The Hall–Kier alpha value is 0.350. The van der Waals surface area contributed by atoms with E-state index in [4.69, 9.17) is 4.52 Å². The normalized spacial score (nSPS) is 48.0. The second-order valence-corrected chi connectivity index (χ2v) is 4.80. The molecule has 3 atom stereocenters. The summed E-state index contributed by atoms with van der Waals surface area (Å²) in [5.41, 5.74) is 0. The van der Waals surface area contributed by atoms with Crippen molar-refractivity contribution in [2.75, 3.05) is 13.2 Å². The first-order chi connectivity index (χ1) is 4.79. The molecule has 2 nitrogen and oxygen atoms in total. The van der Waals surface area contributed by atoms with Crippen molar-refractivity contribution >= 4 is 8.30 Å². The van der Waals surface area contributed by atoms with Gasteiger partial charge in [0.05, 0.1) is 6.10 Å². The van der Waals surface area contributed by atoms with Crippen molar-refractivity contribution in [2.24, 2.45) is 0 Å². The molecule has 0 bridgehead atoms. The Morgan fingerprint density at radius 1 is 1.60 bits per heavy atom. The molecular formula is C7H14NOP. The Bertz CT molecular complexity index is 128. The first-order valence-corrected chi connectivity index (χ1v) is 5.62. The molecule has 2 saturated heterocycles. The Balaban J connectivity index is 2.11. The van der Waals surface area contributed by atoms with Gasteiger partial charge in [0.2, 0.25) is 0 Å². The number of rotatable bonds is 0. The second kappa shape index (κ2) is 2.44. The predicted molar refractivity (Wildman–Crippen MR) is 43.1 cm³/mol. The van der Waals surface area contributed by atoms with Crippen molar-refractivity contribution in [1.29, 1.82) is 0 Å². The van der Waals surface area contributed by atoms with Gasteiger partial charge in [-0.1, -0.05) is 0 Å². The molecule has 0 N–H and O–H groups in total. The van der Waals surface area contributed by atoms with Crippen LogP contribution in [-0.2, 0) is 4.52 Å². The third-order valence-corrected chi connectivity index (χ3v) is 4.35. The Labute approximate surface area is 63.4 Å². The van der Waals surface area contributed by atoms with E-state index in [1.807, 2.05) is 0 Å². The quantitative estimate of drug-likeness (QED) is 0.500. The summed E-state index contributed by atoms with van der Waals surface area (Å²) in [6, 6.07) is 0.760. The van der Waals surface area contributed by atoms with Crippen LogP contribution in [0.15, 0.2) is 0 Å². The Morgan fingerprint density at radius 3 is 3.10 bits per heavy atom. The molecule has 3 heteroatoms. The van der Waals surface area contributed by atoms with Gasteiger partial charge in [-0.2, -0.15) is 0 Å². The molecular weight excluding hydrogens is 145 g/mol. The minimum atomic E-state index is -0.211. The zero-order valence-corrected chi connectivity index (χ0v) is 7.47. The fraction of sp³-hybridized carbons (Fsp3) is 1.00. The number of hydrogen-bond donors (Lipinski definition) is 0. The lowest BCUT2D eigenvalue weighted by Gasteiger charge is -2.16. The smallest absolute Gasteiger partial charge is 0.101 e. The third-order valence-electron chi connectivity index (χ3n) is 2.49. The summed E-state index contributed by atoms with van der Waals surface area (Å²) >= 11 is 0. The average Bonchev–Trinajstić information content (AvgIpc) is 2.39. The van der Waals surface area contributed by atoms with E-state index in [9.17, 15) is 0 Å². The molecule has 0 aromatic heterocycles. The lowest BCUT2D eigenvalue weighted by Crippen LogP contribution is -2.25.